The van der Waals surface area contributed by atoms with E-state index in [1.165, 1.54) is 5.56 Å². The van der Waals surface area contributed by atoms with Crippen LogP contribution in [0, 0.1) is 0 Å². The van der Waals surface area contributed by atoms with Gasteiger partial charge in [0.05, 0.1) is 0 Å². The first-order valence-electron chi connectivity index (χ1n) is 7.26. The zero-order valence-electron chi connectivity index (χ0n) is 12.7. The fourth-order valence-corrected chi connectivity index (χ4v) is 3.60. The average Bonchev–Trinajstić information content (AvgIpc) is 2.54. The highest BCUT2D eigenvalue weighted by atomic mass is 32.1. The van der Waals surface area contributed by atoms with Gasteiger partial charge in [0.2, 0.25) is 0 Å². The van der Waals surface area contributed by atoms with Crippen molar-refractivity contribution in [1.82, 2.24) is 0 Å². The predicted molar refractivity (Wildman–Crippen MR) is 109 cm³/mol. The van der Waals surface area contributed by atoms with Crippen molar-refractivity contribution >= 4 is 60.0 Å². The quantitative estimate of drug-likeness (QED) is 0.406. The lowest BCUT2D eigenvalue weighted by atomic mass is 10.1. The predicted octanol–water partition coefficient (Wildman–Crippen LogP) is 5.36. The highest BCUT2D eigenvalue weighted by Crippen LogP contribution is 2.35. The first-order valence-corrected chi connectivity index (χ1v) is 8.61. The van der Waals surface area contributed by atoms with Crippen LogP contribution in [0.25, 0.3) is 10.8 Å². The van der Waals surface area contributed by atoms with Gasteiger partial charge >= 0.3 is 0 Å². The summed E-state index contributed by atoms with van der Waals surface area (Å²) in [5.41, 5.74) is 3.37. The van der Waals surface area contributed by atoms with E-state index >= 15 is 0 Å². The molecule has 0 heterocycles. The lowest BCUT2D eigenvalue weighted by Crippen LogP contribution is -2.01. The topological polar surface area (TPSA) is 24.1 Å². The van der Waals surface area contributed by atoms with E-state index in [0.29, 0.717) is 0 Å². The van der Waals surface area contributed by atoms with Crippen LogP contribution in [0.1, 0.15) is 5.56 Å². The van der Waals surface area contributed by atoms with E-state index in [1.807, 2.05) is 31.3 Å². The number of hydrogen-bond donors (Lipinski definition) is 5. The molecule has 2 N–H and O–H groups in total. The van der Waals surface area contributed by atoms with Gasteiger partial charge in [0, 0.05) is 45.0 Å². The Morgan fingerprint density at radius 1 is 0.913 bits per heavy atom. The minimum absolute atomic E-state index is 0.742. The highest BCUT2D eigenvalue weighted by molar-refractivity contribution is 7.81. The van der Waals surface area contributed by atoms with E-state index in [2.05, 4.69) is 72.8 Å². The molecule has 0 aliphatic heterocycles. The Labute approximate surface area is 152 Å². The summed E-state index contributed by atoms with van der Waals surface area (Å²) < 4.78 is 0. The Balaban J connectivity index is 1.95. The molecule has 0 aliphatic rings. The van der Waals surface area contributed by atoms with Crippen LogP contribution in [0.2, 0.25) is 0 Å². The molecule has 3 rings (SSSR count). The number of fused-ring (bicyclic) bond motifs is 1. The SMILES string of the molecule is CNc1cccc(CNc2ccc(S)c3cc(S)cc(S)c23)c1. The van der Waals surface area contributed by atoms with Crippen molar-refractivity contribution in [3.05, 3.63) is 54.1 Å². The number of rotatable bonds is 4. The molecule has 0 aliphatic carbocycles. The van der Waals surface area contributed by atoms with Gasteiger partial charge in [-0.3, -0.25) is 0 Å². The Hall–Kier alpha value is -1.43. The van der Waals surface area contributed by atoms with Gasteiger partial charge in [0.15, 0.2) is 0 Å². The van der Waals surface area contributed by atoms with Crippen LogP contribution in [-0.2, 0) is 6.54 Å². The maximum Gasteiger partial charge on any atom is 0.0434 e. The number of anilines is 2. The molecule has 0 amide bonds. The van der Waals surface area contributed by atoms with Crippen molar-refractivity contribution in [3.8, 4) is 0 Å². The second kappa shape index (κ2) is 6.99. The third-order valence-electron chi connectivity index (χ3n) is 3.75. The molecule has 0 atom stereocenters. The summed E-state index contributed by atoms with van der Waals surface area (Å²) in [5, 5.41) is 8.79. The lowest BCUT2D eigenvalue weighted by molar-refractivity contribution is 1.15. The van der Waals surface area contributed by atoms with Gasteiger partial charge in [-0.2, -0.15) is 0 Å². The van der Waals surface area contributed by atoms with Crippen LogP contribution in [0.5, 0.6) is 0 Å². The monoisotopic (exact) mass is 358 g/mol. The summed E-state index contributed by atoms with van der Waals surface area (Å²) >= 11 is 13.6. The molecule has 3 aromatic rings. The smallest absolute Gasteiger partial charge is 0.0434 e. The molecule has 118 valence electrons. The first-order chi connectivity index (χ1) is 11.1. The molecule has 0 aromatic heterocycles. The third-order valence-corrected chi connectivity index (χ3v) is 4.75. The van der Waals surface area contributed by atoms with E-state index in [1.54, 1.807) is 0 Å². The van der Waals surface area contributed by atoms with Crippen LogP contribution in [0.3, 0.4) is 0 Å². The molecule has 0 saturated heterocycles. The summed E-state index contributed by atoms with van der Waals surface area (Å²) in [5.74, 6) is 0. The van der Waals surface area contributed by atoms with Crippen LogP contribution >= 0.6 is 37.9 Å². The molecule has 5 heteroatoms. The summed E-state index contributed by atoms with van der Waals surface area (Å²) in [7, 11) is 1.92. The van der Waals surface area contributed by atoms with Gasteiger partial charge < -0.3 is 10.6 Å². The third kappa shape index (κ3) is 3.57. The Bertz CT molecular complexity index is 862. The number of nitrogens with one attached hydrogen (secondary N) is 2. The van der Waals surface area contributed by atoms with E-state index in [4.69, 9.17) is 0 Å². The number of thiol groups is 3. The van der Waals surface area contributed by atoms with E-state index in [9.17, 15) is 0 Å². The van der Waals surface area contributed by atoms with E-state index in [0.717, 1.165) is 43.4 Å². The Kier molecular flexibility index (Phi) is 4.99. The van der Waals surface area contributed by atoms with Crippen molar-refractivity contribution in [2.45, 2.75) is 21.2 Å². The molecule has 0 fully saturated rings. The molecular formula is C18H18N2S3. The Morgan fingerprint density at radius 2 is 1.74 bits per heavy atom. The van der Waals surface area contributed by atoms with Gasteiger partial charge in [0.25, 0.3) is 0 Å². The molecule has 0 bridgehead atoms. The van der Waals surface area contributed by atoms with Gasteiger partial charge in [-0.15, -0.1) is 37.9 Å². The zero-order chi connectivity index (χ0) is 16.4. The Morgan fingerprint density at radius 3 is 2.52 bits per heavy atom. The summed E-state index contributed by atoms with van der Waals surface area (Å²) in [6.07, 6.45) is 0. The summed E-state index contributed by atoms with van der Waals surface area (Å²) in [6.45, 7) is 0.742. The molecule has 23 heavy (non-hydrogen) atoms. The fraction of sp³-hybridized carbons (Fsp3) is 0.111. The van der Waals surface area contributed by atoms with Crippen molar-refractivity contribution in [3.63, 3.8) is 0 Å². The lowest BCUT2D eigenvalue weighted by Gasteiger charge is -2.14. The van der Waals surface area contributed by atoms with E-state index in [-0.39, 0.29) is 0 Å². The van der Waals surface area contributed by atoms with Crippen molar-refractivity contribution < 1.29 is 0 Å². The van der Waals surface area contributed by atoms with Crippen molar-refractivity contribution in [1.29, 1.82) is 0 Å². The fourth-order valence-electron chi connectivity index (χ4n) is 2.61. The molecule has 2 nitrogen and oxygen atoms in total. The zero-order valence-corrected chi connectivity index (χ0v) is 15.4. The molecule has 0 spiro atoms. The molecule has 0 unspecified atom stereocenters. The van der Waals surface area contributed by atoms with Gasteiger partial charge in [-0.1, -0.05) is 12.1 Å². The van der Waals surface area contributed by atoms with Gasteiger partial charge in [-0.05, 0) is 47.3 Å². The van der Waals surface area contributed by atoms with Crippen molar-refractivity contribution in [2.75, 3.05) is 17.7 Å². The number of benzene rings is 3. The maximum absolute atomic E-state index is 4.62. The molecular weight excluding hydrogens is 340 g/mol. The molecule has 0 radical (unpaired) electrons. The van der Waals surface area contributed by atoms with Crippen LogP contribution in [-0.4, -0.2) is 7.05 Å². The van der Waals surface area contributed by atoms with Gasteiger partial charge in [-0.25, -0.2) is 0 Å². The standard InChI is InChI=1S/C18H18N2S3/c1-19-12-4-2-3-11(7-12)10-20-15-5-6-16(22)14-8-13(21)9-17(23)18(14)15/h2-9,19-23H,10H2,1H3. The van der Waals surface area contributed by atoms with Crippen LogP contribution in [0.4, 0.5) is 11.4 Å². The normalized spacial score (nSPS) is 10.8. The molecule has 0 saturated carbocycles. The second-order valence-corrected chi connectivity index (χ2v) is 6.80. The van der Waals surface area contributed by atoms with Crippen molar-refractivity contribution in [2.24, 2.45) is 0 Å². The minimum atomic E-state index is 0.742. The van der Waals surface area contributed by atoms with Gasteiger partial charge in [0.1, 0.15) is 0 Å². The average molecular weight is 359 g/mol. The van der Waals surface area contributed by atoms with E-state index < -0.39 is 0 Å². The molecule has 3 aromatic carbocycles. The summed E-state index contributed by atoms with van der Waals surface area (Å²) in [6, 6.07) is 16.4. The first kappa shape index (κ1) is 16.4. The highest BCUT2D eigenvalue weighted by Gasteiger charge is 2.09. The second-order valence-electron chi connectivity index (χ2n) is 5.32. The summed E-state index contributed by atoms with van der Waals surface area (Å²) in [4.78, 5) is 2.71. The maximum atomic E-state index is 4.62. The van der Waals surface area contributed by atoms with Crippen LogP contribution < -0.4 is 10.6 Å². The number of hydrogen-bond acceptors (Lipinski definition) is 5. The van der Waals surface area contributed by atoms with Crippen LogP contribution in [0.15, 0.2) is 63.2 Å². The minimum Gasteiger partial charge on any atom is -0.388 e. The largest absolute Gasteiger partial charge is 0.388 e.